The predicted octanol–water partition coefficient (Wildman–Crippen LogP) is 1.53. The molecule has 0 bridgehead atoms. The summed E-state index contributed by atoms with van der Waals surface area (Å²) in [4.78, 5) is 18.4. The summed E-state index contributed by atoms with van der Waals surface area (Å²) in [6.45, 7) is 1.73. The average molecular weight is 295 g/mol. The Bertz CT molecular complexity index is 684. The van der Waals surface area contributed by atoms with Crippen molar-refractivity contribution in [3.8, 4) is 0 Å². The van der Waals surface area contributed by atoms with E-state index in [4.69, 9.17) is 15.4 Å². The minimum atomic E-state index is -0.612. The number of nitrogens with zero attached hydrogens (tertiary/aromatic N) is 4. The van der Waals surface area contributed by atoms with Crippen LogP contribution in [0.25, 0.3) is 0 Å². The SMILES string of the molecule is Cc1coc(Sc2ncc(C(N)=NO)cc2[N+](=O)[O-])n1. The van der Waals surface area contributed by atoms with Gasteiger partial charge in [-0.05, 0) is 18.7 Å². The van der Waals surface area contributed by atoms with Crippen molar-refractivity contribution in [2.45, 2.75) is 17.2 Å². The zero-order valence-corrected chi connectivity index (χ0v) is 11.0. The van der Waals surface area contributed by atoms with Crippen LogP contribution in [0.2, 0.25) is 0 Å². The molecule has 2 rings (SSSR count). The third-order valence-corrected chi connectivity index (χ3v) is 3.08. The first-order chi connectivity index (χ1) is 9.51. The van der Waals surface area contributed by atoms with Crippen LogP contribution in [0, 0.1) is 17.0 Å². The van der Waals surface area contributed by atoms with Gasteiger partial charge in [0.05, 0.1) is 10.6 Å². The van der Waals surface area contributed by atoms with Crippen LogP contribution in [0.4, 0.5) is 5.69 Å². The highest BCUT2D eigenvalue weighted by Gasteiger charge is 2.20. The van der Waals surface area contributed by atoms with Crippen molar-refractivity contribution in [1.82, 2.24) is 9.97 Å². The summed E-state index contributed by atoms with van der Waals surface area (Å²) in [5.41, 5.74) is 5.89. The molecule has 0 aliphatic rings. The van der Waals surface area contributed by atoms with Crippen LogP contribution in [-0.2, 0) is 0 Å². The van der Waals surface area contributed by atoms with E-state index in [2.05, 4.69) is 15.1 Å². The first-order valence-corrected chi connectivity index (χ1v) is 6.05. The lowest BCUT2D eigenvalue weighted by Crippen LogP contribution is -2.14. The van der Waals surface area contributed by atoms with Gasteiger partial charge in [0.1, 0.15) is 6.26 Å². The molecular weight excluding hydrogens is 286 g/mol. The number of aromatic nitrogens is 2. The second-order valence-electron chi connectivity index (χ2n) is 3.65. The van der Waals surface area contributed by atoms with E-state index in [1.54, 1.807) is 6.92 Å². The largest absolute Gasteiger partial charge is 0.439 e. The van der Waals surface area contributed by atoms with Crippen LogP contribution in [-0.4, -0.2) is 25.9 Å². The molecule has 0 fully saturated rings. The summed E-state index contributed by atoms with van der Waals surface area (Å²) in [7, 11) is 0. The molecule has 0 aliphatic carbocycles. The van der Waals surface area contributed by atoms with Gasteiger partial charge in [-0.25, -0.2) is 9.97 Å². The third-order valence-electron chi connectivity index (χ3n) is 2.21. The molecule has 0 radical (unpaired) electrons. The normalized spacial score (nSPS) is 11.6. The van der Waals surface area contributed by atoms with Crippen LogP contribution in [0.5, 0.6) is 0 Å². The fourth-order valence-corrected chi connectivity index (χ4v) is 2.10. The molecule has 2 heterocycles. The minimum absolute atomic E-state index is 0.103. The maximum atomic E-state index is 11.0. The minimum Gasteiger partial charge on any atom is -0.439 e. The molecule has 0 aromatic carbocycles. The Morgan fingerprint density at radius 3 is 2.95 bits per heavy atom. The number of hydrogen-bond donors (Lipinski definition) is 2. The van der Waals surface area contributed by atoms with Gasteiger partial charge in [-0.15, -0.1) is 0 Å². The Kier molecular flexibility index (Phi) is 3.84. The lowest BCUT2D eigenvalue weighted by Gasteiger charge is -2.02. The molecule has 3 N–H and O–H groups in total. The van der Waals surface area contributed by atoms with E-state index in [0.717, 1.165) is 11.8 Å². The van der Waals surface area contributed by atoms with Gasteiger partial charge in [0.2, 0.25) is 0 Å². The maximum absolute atomic E-state index is 11.0. The summed E-state index contributed by atoms with van der Waals surface area (Å²) in [6.07, 6.45) is 2.69. The number of nitrogens with two attached hydrogens (primary N) is 1. The van der Waals surface area contributed by atoms with Crippen molar-refractivity contribution < 1.29 is 14.5 Å². The summed E-state index contributed by atoms with van der Waals surface area (Å²) in [6, 6.07) is 1.17. The number of aryl methyl sites for hydroxylation is 1. The molecule has 0 saturated heterocycles. The topological polar surface area (TPSA) is 141 Å². The summed E-state index contributed by atoms with van der Waals surface area (Å²) in [5.74, 6) is -0.260. The van der Waals surface area contributed by atoms with Gasteiger partial charge in [0.15, 0.2) is 10.9 Å². The van der Waals surface area contributed by atoms with E-state index in [9.17, 15) is 10.1 Å². The molecule has 0 amide bonds. The highest BCUT2D eigenvalue weighted by atomic mass is 32.2. The molecule has 0 saturated carbocycles. The Labute approximate surface area is 116 Å². The molecule has 2 aromatic rings. The van der Waals surface area contributed by atoms with Gasteiger partial charge in [0.25, 0.3) is 5.22 Å². The van der Waals surface area contributed by atoms with Gasteiger partial charge in [-0.2, -0.15) is 0 Å². The van der Waals surface area contributed by atoms with Crippen LogP contribution in [0.3, 0.4) is 0 Å². The van der Waals surface area contributed by atoms with Crippen LogP contribution < -0.4 is 5.73 Å². The molecule has 0 aliphatic heterocycles. The first kappa shape index (κ1) is 13.8. The van der Waals surface area contributed by atoms with E-state index in [0.29, 0.717) is 5.69 Å². The number of pyridine rings is 1. The fourth-order valence-electron chi connectivity index (χ4n) is 1.31. The van der Waals surface area contributed by atoms with Crippen molar-refractivity contribution >= 4 is 23.3 Å². The van der Waals surface area contributed by atoms with Gasteiger partial charge < -0.3 is 15.4 Å². The van der Waals surface area contributed by atoms with Gasteiger partial charge in [0, 0.05) is 17.8 Å². The number of oxazole rings is 1. The molecule has 0 unspecified atom stereocenters. The fraction of sp³-hybridized carbons (Fsp3) is 0.100. The molecule has 2 aromatic heterocycles. The van der Waals surface area contributed by atoms with Gasteiger partial charge >= 0.3 is 5.69 Å². The summed E-state index contributed by atoms with van der Waals surface area (Å²) in [5, 5.41) is 22.7. The zero-order chi connectivity index (χ0) is 14.7. The van der Waals surface area contributed by atoms with Crippen molar-refractivity contribution in [3.63, 3.8) is 0 Å². The summed E-state index contributed by atoms with van der Waals surface area (Å²) >= 11 is 0.918. The number of hydrogen-bond acceptors (Lipinski definition) is 8. The van der Waals surface area contributed by atoms with Crippen LogP contribution in [0.15, 0.2) is 38.3 Å². The first-order valence-electron chi connectivity index (χ1n) is 5.23. The lowest BCUT2D eigenvalue weighted by atomic mass is 10.2. The number of nitro groups is 1. The van der Waals surface area contributed by atoms with Crippen molar-refractivity contribution in [2.75, 3.05) is 0 Å². The number of oxime groups is 1. The lowest BCUT2D eigenvalue weighted by molar-refractivity contribution is -0.388. The Hall–Kier alpha value is -2.62. The standard InChI is InChI=1S/C10H9N5O4S/c1-5-4-19-10(13-5)20-9-7(15(17)18)2-6(3-12-9)8(11)14-16/h2-4,16H,1H3,(H2,11,14). The van der Waals surface area contributed by atoms with Crippen molar-refractivity contribution in [1.29, 1.82) is 0 Å². The molecule has 0 spiro atoms. The molecule has 10 heteroatoms. The van der Waals surface area contributed by atoms with E-state index in [-0.39, 0.29) is 27.3 Å². The smallest absolute Gasteiger partial charge is 0.302 e. The summed E-state index contributed by atoms with van der Waals surface area (Å²) < 4.78 is 5.10. The van der Waals surface area contributed by atoms with Crippen molar-refractivity contribution in [2.24, 2.45) is 10.9 Å². The molecule has 20 heavy (non-hydrogen) atoms. The van der Waals surface area contributed by atoms with E-state index >= 15 is 0 Å². The third kappa shape index (κ3) is 2.85. The zero-order valence-electron chi connectivity index (χ0n) is 10.2. The highest BCUT2D eigenvalue weighted by molar-refractivity contribution is 7.99. The molecular formula is C10H9N5O4S. The monoisotopic (exact) mass is 295 g/mol. The number of amidine groups is 1. The predicted molar refractivity (Wildman–Crippen MR) is 68.8 cm³/mol. The van der Waals surface area contributed by atoms with Crippen LogP contribution in [0.1, 0.15) is 11.3 Å². The molecule has 104 valence electrons. The van der Waals surface area contributed by atoms with Gasteiger partial charge in [-0.1, -0.05) is 5.16 Å². The van der Waals surface area contributed by atoms with Gasteiger partial charge in [-0.3, -0.25) is 10.1 Å². The number of rotatable bonds is 4. The highest BCUT2D eigenvalue weighted by Crippen LogP contribution is 2.32. The second kappa shape index (κ2) is 5.57. The Morgan fingerprint density at radius 2 is 2.40 bits per heavy atom. The van der Waals surface area contributed by atoms with E-state index < -0.39 is 4.92 Å². The van der Waals surface area contributed by atoms with Crippen LogP contribution >= 0.6 is 11.8 Å². The second-order valence-corrected chi connectivity index (χ2v) is 4.59. The quantitative estimate of drug-likeness (QED) is 0.284. The Morgan fingerprint density at radius 1 is 1.65 bits per heavy atom. The van der Waals surface area contributed by atoms with E-state index in [1.165, 1.54) is 18.5 Å². The molecule has 0 atom stereocenters. The average Bonchev–Trinajstić information content (AvgIpc) is 2.83. The van der Waals surface area contributed by atoms with Crippen molar-refractivity contribution in [3.05, 3.63) is 39.9 Å². The van der Waals surface area contributed by atoms with E-state index in [1.807, 2.05) is 0 Å². The maximum Gasteiger partial charge on any atom is 0.302 e. The Balaban J connectivity index is 2.40. The molecule has 9 nitrogen and oxygen atoms in total.